The molecule has 21 heavy (non-hydrogen) atoms. The molecule has 0 aliphatic carbocycles. The second-order valence-corrected chi connectivity index (χ2v) is 4.85. The van der Waals surface area contributed by atoms with Crippen molar-refractivity contribution in [2.24, 2.45) is 5.10 Å². The van der Waals surface area contributed by atoms with Crippen molar-refractivity contribution in [2.75, 3.05) is 0 Å². The number of amides is 1. The molecule has 0 aliphatic heterocycles. The van der Waals surface area contributed by atoms with Crippen LogP contribution in [0.3, 0.4) is 0 Å². The fraction of sp³-hybridized carbons (Fsp3) is 0.125. The Balaban J connectivity index is 2.14. The van der Waals surface area contributed by atoms with Crippen molar-refractivity contribution < 1.29 is 9.90 Å². The van der Waals surface area contributed by atoms with E-state index in [-0.39, 0.29) is 11.7 Å². The highest BCUT2D eigenvalue weighted by Crippen LogP contribution is 2.12. The van der Waals surface area contributed by atoms with E-state index in [2.05, 4.69) is 10.5 Å². The Bertz CT molecular complexity index is 666. The molecule has 0 spiro atoms. The number of phenols is 1. The molecule has 2 N–H and O–H groups in total. The van der Waals surface area contributed by atoms with Gasteiger partial charge in [-0.3, -0.25) is 4.79 Å². The monoisotopic (exact) mass is 302 g/mol. The van der Waals surface area contributed by atoms with E-state index in [0.29, 0.717) is 17.0 Å². The van der Waals surface area contributed by atoms with Crippen LogP contribution >= 0.6 is 11.6 Å². The third-order valence-corrected chi connectivity index (χ3v) is 3.15. The van der Waals surface area contributed by atoms with Gasteiger partial charge in [-0.2, -0.15) is 5.10 Å². The molecule has 0 heterocycles. The van der Waals surface area contributed by atoms with E-state index in [1.54, 1.807) is 48.5 Å². The summed E-state index contributed by atoms with van der Waals surface area (Å²) in [4.78, 5) is 12.0. The first kappa shape index (κ1) is 15.1. The van der Waals surface area contributed by atoms with E-state index in [1.165, 1.54) is 0 Å². The van der Waals surface area contributed by atoms with E-state index in [4.69, 9.17) is 11.6 Å². The van der Waals surface area contributed by atoms with E-state index in [0.717, 1.165) is 11.3 Å². The predicted molar refractivity (Wildman–Crippen MR) is 83.9 cm³/mol. The lowest BCUT2D eigenvalue weighted by Gasteiger charge is -2.06. The first-order valence-corrected chi connectivity index (χ1v) is 6.90. The van der Waals surface area contributed by atoms with Crippen molar-refractivity contribution in [3.63, 3.8) is 0 Å². The lowest BCUT2D eigenvalue weighted by Crippen LogP contribution is -2.19. The third-order valence-electron chi connectivity index (χ3n) is 2.91. The quantitative estimate of drug-likeness (QED) is 0.669. The second-order valence-electron chi connectivity index (χ2n) is 4.41. The van der Waals surface area contributed by atoms with Gasteiger partial charge in [0.15, 0.2) is 0 Å². The van der Waals surface area contributed by atoms with Crippen LogP contribution < -0.4 is 5.43 Å². The summed E-state index contributed by atoms with van der Waals surface area (Å²) in [6.07, 6.45) is 0.653. The maximum absolute atomic E-state index is 12.0. The highest BCUT2D eigenvalue weighted by atomic mass is 35.5. The van der Waals surface area contributed by atoms with Gasteiger partial charge in [0.1, 0.15) is 5.75 Å². The Hall–Kier alpha value is -2.33. The fourth-order valence-corrected chi connectivity index (χ4v) is 2.00. The summed E-state index contributed by atoms with van der Waals surface area (Å²) in [6.45, 7) is 1.94. The number of halogens is 1. The molecule has 0 aromatic heterocycles. The fourth-order valence-electron chi connectivity index (χ4n) is 1.81. The molecule has 0 atom stereocenters. The van der Waals surface area contributed by atoms with Crippen LogP contribution in [-0.2, 0) is 0 Å². The van der Waals surface area contributed by atoms with Crippen LogP contribution in [0.4, 0.5) is 0 Å². The molecule has 2 rings (SSSR count). The Labute approximate surface area is 128 Å². The normalized spacial score (nSPS) is 11.2. The highest BCUT2D eigenvalue weighted by Gasteiger charge is 2.06. The molecule has 0 radical (unpaired) electrons. The van der Waals surface area contributed by atoms with E-state index >= 15 is 0 Å². The van der Waals surface area contributed by atoms with Gasteiger partial charge in [-0.25, -0.2) is 5.43 Å². The molecule has 4 nitrogen and oxygen atoms in total. The minimum absolute atomic E-state index is 0.192. The van der Waals surface area contributed by atoms with Crippen LogP contribution in [0.25, 0.3) is 0 Å². The summed E-state index contributed by atoms with van der Waals surface area (Å²) in [6, 6.07) is 13.3. The van der Waals surface area contributed by atoms with Crippen molar-refractivity contribution in [3.05, 3.63) is 64.7 Å². The molecule has 108 valence electrons. The Morgan fingerprint density at radius 3 is 2.52 bits per heavy atom. The topological polar surface area (TPSA) is 61.7 Å². The van der Waals surface area contributed by atoms with E-state index < -0.39 is 0 Å². The Morgan fingerprint density at radius 2 is 1.90 bits per heavy atom. The van der Waals surface area contributed by atoms with E-state index in [9.17, 15) is 9.90 Å². The number of aromatic hydroxyl groups is 1. The molecular formula is C16H15ClN2O2. The van der Waals surface area contributed by atoms with Crippen molar-refractivity contribution >= 4 is 23.2 Å². The van der Waals surface area contributed by atoms with Crippen molar-refractivity contribution in [2.45, 2.75) is 13.3 Å². The van der Waals surface area contributed by atoms with Gasteiger partial charge in [-0.05, 0) is 54.4 Å². The number of hydrazone groups is 1. The summed E-state index contributed by atoms with van der Waals surface area (Å²) in [7, 11) is 0. The number of nitrogens with one attached hydrogen (secondary N) is 1. The van der Waals surface area contributed by atoms with Gasteiger partial charge in [0, 0.05) is 10.6 Å². The second kappa shape index (κ2) is 6.90. The van der Waals surface area contributed by atoms with Gasteiger partial charge in [0.05, 0.1) is 5.71 Å². The molecule has 0 bridgehead atoms. The predicted octanol–water partition coefficient (Wildman–Crippen LogP) is 3.59. The molecule has 0 saturated heterocycles. The van der Waals surface area contributed by atoms with Crippen LogP contribution in [0.15, 0.2) is 53.6 Å². The number of phenolic OH excluding ortho intramolecular Hbond substituents is 1. The molecule has 0 aliphatic rings. The van der Waals surface area contributed by atoms with Crippen LogP contribution in [0.2, 0.25) is 5.02 Å². The summed E-state index contributed by atoms with van der Waals surface area (Å²) in [5.74, 6) is -0.126. The van der Waals surface area contributed by atoms with Gasteiger partial charge >= 0.3 is 0 Å². The number of hydrogen-bond donors (Lipinski definition) is 2. The molecular weight excluding hydrogens is 288 g/mol. The first-order chi connectivity index (χ1) is 10.1. The molecule has 2 aromatic carbocycles. The number of nitrogens with zero attached hydrogens (tertiary/aromatic N) is 1. The van der Waals surface area contributed by atoms with Crippen LogP contribution in [0, 0.1) is 0 Å². The minimum atomic E-state index is -0.317. The molecule has 0 saturated carbocycles. The lowest BCUT2D eigenvalue weighted by molar-refractivity contribution is 0.0955. The number of hydrogen-bond acceptors (Lipinski definition) is 3. The number of carbonyl (C=O) groups excluding carboxylic acids is 1. The minimum Gasteiger partial charge on any atom is -0.508 e. The maximum Gasteiger partial charge on any atom is 0.271 e. The van der Waals surface area contributed by atoms with Crippen molar-refractivity contribution in [1.82, 2.24) is 5.43 Å². The average Bonchev–Trinajstić information content (AvgIpc) is 2.49. The van der Waals surface area contributed by atoms with Crippen molar-refractivity contribution in [3.8, 4) is 5.75 Å². The zero-order chi connectivity index (χ0) is 15.2. The Morgan fingerprint density at radius 1 is 1.19 bits per heavy atom. The third kappa shape index (κ3) is 4.07. The standard InChI is InChI=1S/C16H15ClN2O2/c1-2-15(11-6-8-14(20)9-7-11)18-19-16(21)12-4-3-5-13(17)10-12/h3-10,20H,2H2,1H3,(H,19,21). The van der Waals surface area contributed by atoms with Gasteiger partial charge < -0.3 is 5.11 Å². The summed E-state index contributed by atoms with van der Waals surface area (Å²) in [5.41, 5.74) is 4.55. The zero-order valence-electron chi connectivity index (χ0n) is 11.5. The number of benzene rings is 2. The molecule has 5 heteroatoms. The average molecular weight is 303 g/mol. The largest absolute Gasteiger partial charge is 0.508 e. The maximum atomic E-state index is 12.0. The summed E-state index contributed by atoms with van der Waals surface area (Å²) in [5, 5.41) is 13.9. The van der Waals surface area contributed by atoms with Crippen molar-refractivity contribution in [1.29, 1.82) is 0 Å². The lowest BCUT2D eigenvalue weighted by atomic mass is 10.1. The van der Waals surface area contributed by atoms with Gasteiger partial charge in [-0.1, -0.05) is 24.6 Å². The SMILES string of the molecule is CCC(=NNC(=O)c1cccc(Cl)c1)c1ccc(O)cc1. The van der Waals surface area contributed by atoms with Gasteiger partial charge in [-0.15, -0.1) is 0 Å². The van der Waals surface area contributed by atoms with Crippen LogP contribution in [0.1, 0.15) is 29.3 Å². The van der Waals surface area contributed by atoms with Gasteiger partial charge in [0.25, 0.3) is 5.91 Å². The molecule has 0 unspecified atom stereocenters. The molecule has 1 amide bonds. The highest BCUT2D eigenvalue weighted by molar-refractivity contribution is 6.30. The number of carbonyl (C=O) groups is 1. The van der Waals surface area contributed by atoms with Crippen LogP contribution in [0.5, 0.6) is 5.75 Å². The smallest absolute Gasteiger partial charge is 0.271 e. The molecule has 0 fully saturated rings. The van der Waals surface area contributed by atoms with Gasteiger partial charge in [0.2, 0.25) is 0 Å². The molecule has 2 aromatic rings. The Kier molecular flexibility index (Phi) is 4.95. The van der Waals surface area contributed by atoms with E-state index in [1.807, 2.05) is 6.92 Å². The first-order valence-electron chi connectivity index (χ1n) is 6.52. The summed E-state index contributed by atoms with van der Waals surface area (Å²) < 4.78 is 0. The summed E-state index contributed by atoms with van der Waals surface area (Å²) >= 11 is 5.85. The zero-order valence-corrected chi connectivity index (χ0v) is 12.3. The van der Waals surface area contributed by atoms with Crippen LogP contribution in [-0.4, -0.2) is 16.7 Å². The number of rotatable bonds is 4.